The molecule has 0 saturated heterocycles. The average molecular weight is 422 g/mol. The van der Waals surface area contributed by atoms with Crippen LogP contribution in [0.3, 0.4) is 0 Å². The number of benzene rings is 3. The first-order chi connectivity index (χ1) is 15.6. The molecule has 2 heterocycles. The Balaban J connectivity index is 1.65. The molecule has 1 unspecified atom stereocenters. The Morgan fingerprint density at radius 2 is 1.53 bits per heavy atom. The van der Waals surface area contributed by atoms with Gasteiger partial charge in [0.2, 0.25) is 5.82 Å². The minimum Gasteiger partial charge on any atom is -0.334 e. The zero-order valence-electron chi connectivity index (χ0n) is 17.8. The second-order valence-corrected chi connectivity index (χ2v) is 7.75. The van der Waals surface area contributed by atoms with Crippen LogP contribution in [0.4, 0.5) is 10.5 Å². The predicted molar refractivity (Wildman–Crippen MR) is 124 cm³/mol. The standard InChI is InChI=1S/C26H22N4O2/c1-17-13-15-21(16-14-17)30-18(2)22(23(27-26(30)31)19-9-5-3-6-10-19)25-28-24(29-32-25)20-11-7-4-8-12-20/h3-16,23H,1-2H3,(H,27,31). The van der Waals surface area contributed by atoms with Crippen molar-refractivity contribution >= 4 is 17.3 Å². The lowest BCUT2D eigenvalue weighted by atomic mass is 9.94. The highest BCUT2D eigenvalue weighted by atomic mass is 16.5. The van der Waals surface area contributed by atoms with Crippen molar-refractivity contribution in [1.29, 1.82) is 0 Å². The Kier molecular flexibility index (Phi) is 5.03. The zero-order chi connectivity index (χ0) is 22.1. The van der Waals surface area contributed by atoms with Crippen molar-refractivity contribution in [3.05, 3.63) is 108 Å². The van der Waals surface area contributed by atoms with E-state index in [1.807, 2.05) is 98.8 Å². The molecule has 1 N–H and O–H groups in total. The lowest BCUT2D eigenvalue weighted by Gasteiger charge is -2.35. The number of nitrogens with one attached hydrogen (secondary N) is 1. The number of nitrogens with zero attached hydrogens (tertiary/aromatic N) is 3. The summed E-state index contributed by atoms with van der Waals surface area (Å²) in [5.41, 5.74) is 5.23. The molecule has 1 aromatic heterocycles. The molecule has 4 aromatic rings. The van der Waals surface area contributed by atoms with E-state index in [2.05, 4.69) is 15.5 Å². The number of amides is 2. The number of urea groups is 1. The van der Waals surface area contributed by atoms with Gasteiger partial charge in [-0.3, -0.25) is 4.90 Å². The van der Waals surface area contributed by atoms with Gasteiger partial charge in [-0.05, 0) is 31.5 Å². The van der Waals surface area contributed by atoms with Crippen molar-refractivity contribution in [2.24, 2.45) is 0 Å². The van der Waals surface area contributed by atoms with E-state index >= 15 is 0 Å². The quantitative estimate of drug-likeness (QED) is 0.455. The highest BCUT2D eigenvalue weighted by molar-refractivity contribution is 6.01. The van der Waals surface area contributed by atoms with E-state index in [0.29, 0.717) is 11.7 Å². The van der Waals surface area contributed by atoms with Crippen LogP contribution in [-0.4, -0.2) is 16.2 Å². The predicted octanol–water partition coefficient (Wildman–Crippen LogP) is 5.75. The molecule has 1 aliphatic rings. The average Bonchev–Trinajstić information content (AvgIpc) is 3.31. The molecule has 0 radical (unpaired) electrons. The zero-order valence-corrected chi connectivity index (χ0v) is 17.8. The first-order valence-corrected chi connectivity index (χ1v) is 10.4. The third-order valence-electron chi connectivity index (χ3n) is 5.60. The minimum absolute atomic E-state index is 0.202. The fourth-order valence-electron chi connectivity index (χ4n) is 3.96. The van der Waals surface area contributed by atoms with E-state index in [0.717, 1.165) is 33.6 Å². The van der Waals surface area contributed by atoms with E-state index in [4.69, 9.17) is 4.52 Å². The summed E-state index contributed by atoms with van der Waals surface area (Å²) in [6.45, 7) is 3.93. The molecule has 6 heteroatoms. The molecule has 32 heavy (non-hydrogen) atoms. The number of carbonyl (C=O) groups excluding carboxylic acids is 1. The minimum atomic E-state index is -0.408. The number of carbonyl (C=O) groups is 1. The molecule has 2 amide bonds. The Hall–Kier alpha value is -4.19. The number of anilines is 1. The molecular formula is C26H22N4O2. The third kappa shape index (κ3) is 3.56. The fourth-order valence-corrected chi connectivity index (χ4v) is 3.96. The summed E-state index contributed by atoms with van der Waals surface area (Å²) in [5, 5.41) is 7.33. The second-order valence-electron chi connectivity index (χ2n) is 7.75. The van der Waals surface area contributed by atoms with E-state index in [9.17, 15) is 4.79 Å². The lowest BCUT2D eigenvalue weighted by molar-refractivity contribution is 0.244. The van der Waals surface area contributed by atoms with Crippen LogP contribution >= 0.6 is 0 Å². The number of allylic oxidation sites excluding steroid dienone is 1. The van der Waals surface area contributed by atoms with Crippen LogP contribution in [0.5, 0.6) is 0 Å². The Labute approximate surface area is 186 Å². The van der Waals surface area contributed by atoms with Gasteiger partial charge in [0.25, 0.3) is 5.89 Å². The van der Waals surface area contributed by atoms with Crippen LogP contribution in [0.2, 0.25) is 0 Å². The Morgan fingerprint density at radius 1 is 0.875 bits per heavy atom. The molecule has 0 spiro atoms. The monoisotopic (exact) mass is 422 g/mol. The lowest BCUT2D eigenvalue weighted by Crippen LogP contribution is -2.46. The van der Waals surface area contributed by atoms with Crippen LogP contribution in [0, 0.1) is 6.92 Å². The van der Waals surface area contributed by atoms with Gasteiger partial charge in [0, 0.05) is 11.3 Å². The number of rotatable bonds is 4. The van der Waals surface area contributed by atoms with Crippen LogP contribution in [-0.2, 0) is 0 Å². The third-order valence-corrected chi connectivity index (χ3v) is 5.60. The van der Waals surface area contributed by atoms with Gasteiger partial charge in [0.05, 0.1) is 17.3 Å². The number of aromatic nitrogens is 2. The first-order valence-electron chi connectivity index (χ1n) is 10.4. The summed E-state index contributed by atoms with van der Waals surface area (Å²) in [7, 11) is 0. The van der Waals surface area contributed by atoms with Gasteiger partial charge in [0.1, 0.15) is 0 Å². The molecule has 5 rings (SSSR count). The van der Waals surface area contributed by atoms with Crippen LogP contribution in [0.15, 0.2) is 95.1 Å². The summed E-state index contributed by atoms with van der Waals surface area (Å²) in [4.78, 5) is 19.5. The summed E-state index contributed by atoms with van der Waals surface area (Å²) >= 11 is 0. The Morgan fingerprint density at radius 3 is 2.22 bits per heavy atom. The highest BCUT2D eigenvalue weighted by Crippen LogP contribution is 2.39. The molecule has 3 aromatic carbocycles. The smallest absolute Gasteiger partial charge is 0.326 e. The van der Waals surface area contributed by atoms with Gasteiger partial charge in [-0.2, -0.15) is 4.98 Å². The molecule has 6 nitrogen and oxygen atoms in total. The summed E-state index contributed by atoms with van der Waals surface area (Å²) < 4.78 is 5.72. The maximum absolute atomic E-state index is 13.2. The first kappa shape index (κ1) is 19.8. The molecule has 0 aliphatic carbocycles. The van der Waals surface area contributed by atoms with Crippen LogP contribution in [0.25, 0.3) is 17.0 Å². The van der Waals surface area contributed by atoms with Gasteiger partial charge in [0.15, 0.2) is 0 Å². The second kappa shape index (κ2) is 8.15. The van der Waals surface area contributed by atoms with Crippen molar-refractivity contribution in [3.63, 3.8) is 0 Å². The van der Waals surface area contributed by atoms with Crippen molar-refractivity contribution in [3.8, 4) is 11.4 Å². The molecule has 1 aliphatic heterocycles. The number of hydrogen-bond acceptors (Lipinski definition) is 4. The maximum atomic E-state index is 13.2. The van der Waals surface area contributed by atoms with Gasteiger partial charge < -0.3 is 9.84 Å². The van der Waals surface area contributed by atoms with Crippen molar-refractivity contribution in [2.75, 3.05) is 4.90 Å². The van der Waals surface area contributed by atoms with Gasteiger partial charge in [-0.15, -0.1) is 0 Å². The van der Waals surface area contributed by atoms with Crippen LogP contribution < -0.4 is 10.2 Å². The van der Waals surface area contributed by atoms with E-state index in [1.54, 1.807) is 4.90 Å². The van der Waals surface area contributed by atoms with Crippen molar-refractivity contribution in [2.45, 2.75) is 19.9 Å². The molecule has 0 fully saturated rings. The Bertz CT molecular complexity index is 1280. The topological polar surface area (TPSA) is 71.3 Å². The molecule has 0 saturated carbocycles. The SMILES string of the molecule is CC1=C(c2nc(-c3ccccc3)no2)C(c2ccccc2)NC(=O)N1c1ccc(C)cc1. The molecule has 158 valence electrons. The van der Waals surface area contributed by atoms with E-state index in [-0.39, 0.29) is 6.03 Å². The summed E-state index contributed by atoms with van der Waals surface area (Å²) in [5.74, 6) is 0.888. The number of hydrogen-bond donors (Lipinski definition) is 1. The maximum Gasteiger partial charge on any atom is 0.326 e. The van der Waals surface area contributed by atoms with Crippen molar-refractivity contribution < 1.29 is 9.32 Å². The van der Waals surface area contributed by atoms with Gasteiger partial charge in [-0.25, -0.2) is 4.79 Å². The van der Waals surface area contributed by atoms with Gasteiger partial charge in [-0.1, -0.05) is 83.5 Å². The highest BCUT2D eigenvalue weighted by Gasteiger charge is 2.36. The van der Waals surface area contributed by atoms with Crippen molar-refractivity contribution in [1.82, 2.24) is 15.5 Å². The molecule has 1 atom stereocenters. The molecular weight excluding hydrogens is 400 g/mol. The van der Waals surface area contributed by atoms with E-state index < -0.39 is 6.04 Å². The van der Waals surface area contributed by atoms with Gasteiger partial charge >= 0.3 is 6.03 Å². The summed E-state index contributed by atoms with van der Waals surface area (Å²) in [6, 6.07) is 26.7. The van der Waals surface area contributed by atoms with E-state index in [1.165, 1.54) is 0 Å². The molecule has 0 bridgehead atoms. The largest absolute Gasteiger partial charge is 0.334 e. The fraction of sp³-hybridized carbons (Fsp3) is 0.115. The van der Waals surface area contributed by atoms with Crippen LogP contribution in [0.1, 0.15) is 30.0 Å². The number of aryl methyl sites for hydroxylation is 1. The normalized spacial score (nSPS) is 16.2. The summed E-state index contributed by atoms with van der Waals surface area (Å²) in [6.07, 6.45) is 0.